The molecule has 1 aromatic rings. The number of rotatable bonds is 5. The summed E-state index contributed by atoms with van der Waals surface area (Å²) in [5.74, 6) is 0.171. The van der Waals surface area contributed by atoms with Gasteiger partial charge in [-0.3, -0.25) is 9.48 Å². The SMILES string of the molecule is COC(=O)C1CCCCN1C(=O)Cc1c(C)nn(CC(C)C)c1C. The van der Waals surface area contributed by atoms with Crippen LogP contribution in [0.4, 0.5) is 0 Å². The Bertz CT molecular complexity index is 607. The third-order valence-corrected chi connectivity index (χ3v) is 4.69. The molecule has 0 N–H and O–H groups in total. The molecule has 24 heavy (non-hydrogen) atoms. The van der Waals surface area contributed by atoms with Gasteiger partial charge in [-0.25, -0.2) is 4.79 Å². The Morgan fingerprint density at radius 2 is 2.00 bits per heavy atom. The largest absolute Gasteiger partial charge is 0.467 e. The smallest absolute Gasteiger partial charge is 0.328 e. The first-order valence-corrected chi connectivity index (χ1v) is 8.75. The maximum absolute atomic E-state index is 12.8. The van der Waals surface area contributed by atoms with Crippen LogP contribution in [0, 0.1) is 19.8 Å². The number of carbonyl (C=O) groups is 2. The minimum Gasteiger partial charge on any atom is -0.467 e. The van der Waals surface area contributed by atoms with E-state index in [9.17, 15) is 9.59 Å². The van der Waals surface area contributed by atoms with Crippen LogP contribution in [0.3, 0.4) is 0 Å². The summed E-state index contributed by atoms with van der Waals surface area (Å²) in [6.07, 6.45) is 2.87. The number of nitrogens with zero attached hydrogens (tertiary/aromatic N) is 3. The molecule has 1 aliphatic rings. The average molecular weight is 335 g/mol. The van der Waals surface area contributed by atoms with Crippen molar-refractivity contribution in [1.82, 2.24) is 14.7 Å². The Hall–Kier alpha value is -1.85. The van der Waals surface area contributed by atoms with Gasteiger partial charge in [-0.1, -0.05) is 13.8 Å². The highest BCUT2D eigenvalue weighted by Crippen LogP contribution is 2.21. The molecule has 0 spiro atoms. The lowest BCUT2D eigenvalue weighted by Crippen LogP contribution is -2.49. The zero-order valence-electron chi connectivity index (χ0n) is 15.5. The Kier molecular flexibility index (Phi) is 6.02. The molecule has 1 aromatic heterocycles. The number of ether oxygens (including phenoxy) is 1. The number of carbonyl (C=O) groups excluding carboxylic acids is 2. The lowest BCUT2D eigenvalue weighted by atomic mass is 10.0. The molecule has 1 fully saturated rings. The van der Waals surface area contributed by atoms with Crippen LogP contribution in [0.1, 0.15) is 50.1 Å². The van der Waals surface area contributed by atoms with Gasteiger partial charge < -0.3 is 9.64 Å². The number of aryl methyl sites for hydroxylation is 1. The standard InChI is InChI=1S/C18H29N3O3/c1-12(2)11-21-14(4)15(13(3)19-21)10-17(22)20-9-7-6-8-16(20)18(23)24-5/h12,16H,6-11H2,1-5H3. The van der Waals surface area contributed by atoms with Gasteiger partial charge in [0.1, 0.15) is 6.04 Å². The molecule has 0 saturated carbocycles. The second kappa shape index (κ2) is 7.81. The summed E-state index contributed by atoms with van der Waals surface area (Å²) in [4.78, 5) is 26.5. The van der Waals surface area contributed by atoms with Crippen LogP contribution < -0.4 is 0 Å². The van der Waals surface area contributed by atoms with E-state index in [0.717, 1.165) is 36.3 Å². The van der Waals surface area contributed by atoms with E-state index in [-0.39, 0.29) is 11.9 Å². The Morgan fingerprint density at radius 3 is 2.62 bits per heavy atom. The Morgan fingerprint density at radius 1 is 1.29 bits per heavy atom. The van der Waals surface area contributed by atoms with Crippen molar-refractivity contribution in [2.75, 3.05) is 13.7 Å². The highest BCUT2D eigenvalue weighted by molar-refractivity contribution is 5.86. The van der Waals surface area contributed by atoms with Crippen LogP contribution in [0.15, 0.2) is 0 Å². The summed E-state index contributed by atoms with van der Waals surface area (Å²) in [6, 6.07) is -0.442. The summed E-state index contributed by atoms with van der Waals surface area (Å²) < 4.78 is 6.85. The predicted molar refractivity (Wildman–Crippen MR) is 91.6 cm³/mol. The summed E-state index contributed by atoms with van der Waals surface area (Å²) >= 11 is 0. The van der Waals surface area contributed by atoms with Gasteiger partial charge in [0.05, 0.1) is 19.2 Å². The van der Waals surface area contributed by atoms with E-state index in [0.29, 0.717) is 25.3 Å². The monoisotopic (exact) mass is 335 g/mol. The van der Waals surface area contributed by atoms with Crippen LogP contribution in [0.25, 0.3) is 0 Å². The number of esters is 1. The van der Waals surface area contributed by atoms with E-state index in [1.165, 1.54) is 7.11 Å². The van der Waals surface area contributed by atoms with Gasteiger partial charge in [0.2, 0.25) is 5.91 Å². The molecule has 2 heterocycles. The fraction of sp³-hybridized carbons (Fsp3) is 0.722. The number of piperidine rings is 1. The van der Waals surface area contributed by atoms with Crippen LogP contribution in [-0.2, 0) is 27.3 Å². The average Bonchev–Trinajstić information content (AvgIpc) is 2.80. The molecule has 6 heteroatoms. The fourth-order valence-corrected chi connectivity index (χ4v) is 3.38. The van der Waals surface area contributed by atoms with E-state index in [1.807, 2.05) is 18.5 Å². The zero-order valence-corrected chi connectivity index (χ0v) is 15.5. The van der Waals surface area contributed by atoms with Crippen molar-refractivity contribution in [2.24, 2.45) is 5.92 Å². The van der Waals surface area contributed by atoms with E-state index in [1.54, 1.807) is 4.90 Å². The van der Waals surface area contributed by atoms with Crippen molar-refractivity contribution in [2.45, 2.75) is 66.0 Å². The highest BCUT2D eigenvalue weighted by atomic mass is 16.5. The maximum Gasteiger partial charge on any atom is 0.328 e. The molecular formula is C18H29N3O3. The third-order valence-electron chi connectivity index (χ3n) is 4.69. The summed E-state index contributed by atoms with van der Waals surface area (Å²) in [7, 11) is 1.38. The lowest BCUT2D eigenvalue weighted by Gasteiger charge is -2.33. The molecule has 1 atom stereocenters. The maximum atomic E-state index is 12.8. The number of hydrogen-bond acceptors (Lipinski definition) is 4. The van der Waals surface area contributed by atoms with Crippen molar-refractivity contribution in [3.63, 3.8) is 0 Å². The van der Waals surface area contributed by atoms with Crippen LogP contribution in [0.5, 0.6) is 0 Å². The molecule has 1 aliphatic heterocycles. The Balaban J connectivity index is 2.16. The van der Waals surface area contributed by atoms with Crippen LogP contribution in [0.2, 0.25) is 0 Å². The van der Waals surface area contributed by atoms with Crippen molar-refractivity contribution in [3.8, 4) is 0 Å². The van der Waals surface area contributed by atoms with E-state index in [4.69, 9.17) is 4.74 Å². The lowest BCUT2D eigenvalue weighted by molar-refractivity contribution is -0.154. The van der Waals surface area contributed by atoms with Gasteiger partial charge in [-0.2, -0.15) is 5.10 Å². The number of likely N-dealkylation sites (tertiary alicyclic amines) is 1. The first kappa shape index (κ1) is 18.5. The number of amides is 1. The minimum absolute atomic E-state index is 0.0135. The van der Waals surface area contributed by atoms with Gasteiger partial charge in [-0.05, 0) is 39.0 Å². The second-order valence-corrected chi connectivity index (χ2v) is 7.02. The molecule has 0 radical (unpaired) electrons. The normalized spacial score (nSPS) is 18.1. The number of methoxy groups -OCH3 is 1. The second-order valence-electron chi connectivity index (χ2n) is 7.02. The molecule has 6 nitrogen and oxygen atoms in total. The Labute approximate surface area is 144 Å². The molecular weight excluding hydrogens is 306 g/mol. The van der Waals surface area contributed by atoms with Gasteiger partial charge >= 0.3 is 5.97 Å². The minimum atomic E-state index is -0.442. The molecule has 1 saturated heterocycles. The highest BCUT2D eigenvalue weighted by Gasteiger charge is 2.33. The molecule has 134 valence electrons. The molecule has 1 amide bonds. The first-order valence-electron chi connectivity index (χ1n) is 8.75. The fourth-order valence-electron chi connectivity index (χ4n) is 3.38. The van der Waals surface area contributed by atoms with Crippen molar-refractivity contribution in [1.29, 1.82) is 0 Å². The quantitative estimate of drug-likeness (QED) is 0.774. The summed E-state index contributed by atoms with van der Waals surface area (Å²) in [5.41, 5.74) is 2.92. The predicted octanol–water partition coefficient (Wildman–Crippen LogP) is 2.25. The summed E-state index contributed by atoms with van der Waals surface area (Å²) in [5, 5.41) is 4.57. The van der Waals surface area contributed by atoms with Crippen molar-refractivity contribution < 1.29 is 14.3 Å². The van der Waals surface area contributed by atoms with Gasteiger partial charge in [0, 0.05) is 24.3 Å². The topological polar surface area (TPSA) is 64.4 Å². The van der Waals surface area contributed by atoms with Crippen LogP contribution in [-0.4, -0.2) is 46.3 Å². The van der Waals surface area contributed by atoms with E-state index in [2.05, 4.69) is 18.9 Å². The molecule has 0 aromatic carbocycles. The number of aromatic nitrogens is 2. The molecule has 2 rings (SSSR count). The molecule has 1 unspecified atom stereocenters. The first-order chi connectivity index (χ1) is 11.3. The number of hydrogen-bond donors (Lipinski definition) is 0. The van der Waals surface area contributed by atoms with Crippen LogP contribution >= 0.6 is 0 Å². The van der Waals surface area contributed by atoms with E-state index < -0.39 is 6.04 Å². The van der Waals surface area contributed by atoms with Gasteiger partial charge in [0.25, 0.3) is 0 Å². The van der Waals surface area contributed by atoms with Gasteiger partial charge in [0.15, 0.2) is 0 Å². The van der Waals surface area contributed by atoms with Gasteiger partial charge in [-0.15, -0.1) is 0 Å². The van der Waals surface area contributed by atoms with Crippen molar-refractivity contribution in [3.05, 3.63) is 17.0 Å². The van der Waals surface area contributed by atoms with Crippen molar-refractivity contribution >= 4 is 11.9 Å². The zero-order chi connectivity index (χ0) is 17.9. The molecule has 0 bridgehead atoms. The third kappa shape index (κ3) is 3.97. The summed E-state index contributed by atoms with van der Waals surface area (Å²) in [6.45, 7) is 9.72. The molecule has 0 aliphatic carbocycles. The van der Waals surface area contributed by atoms with E-state index >= 15 is 0 Å².